The summed E-state index contributed by atoms with van der Waals surface area (Å²) in [5, 5.41) is 11.6. The number of aromatic nitrogens is 2. The summed E-state index contributed by atoms with van der Waals surface area (Å²) in [6.07, 6.45) is 7.77. The molecule has 1 amide bonds. The molecule has 2 aliphatic carbocycles. The van der Waals surface area contributed by atoms with Gasteiger partial charge in [0.1, 0.15) is 0 Å². The quantitative estimate of drug-likeness (QED) is 0.496. The van der Waals surface area contributed by atoms with Crippen molar-refractivity contribution in [1.29, 1.82) is 0 Å². The first-order valence-corrected chi connectivity index (χ1v) is 8.92. The van der Waals surface area contributed by atoms with Crippen LogP contribution in [0, 0.1) is 17.8 Å². The SMILES string of the molecule is C=CCSc1nnc(NC(=O)C[C@H]2C[C@@H]3CC[C@@H]2C3)s1. The number of hydrogen-bond acceptors (Lipinski definition) is 5. The maximum absolute atomic E-state index is 12.1. The van der Waals surface area contributed by atoms with Gasteiger partial charge >= 0.3 is 0 Å². The van der Waals surface area contributed by atoms with E-state index in [1.807, 2.05) is 6.08 Å². The molecule has 0 radical (unpaired) electrons. The van der Waals surface area contributed by atoms with Crippen LogP contribution in [0.25, 0.3) is 0 Å². The van der Waals surface area contributed by atoms with Crippen LogP contribution in [-0.2, 0) is 4.79 Å². The van der Waals surface area contributed by atoms with Gasteiger partial charge in [0.2, 0.25) is 11.0 Å². The van der Waals surface area contributed by atoms with Crippen molar-refractivity contribution < 1.29 is 4.79 Å². The molecule has 0 saturated heterocycles. The Bertz CT molecular complexity index is 502. The summed E-state index contributed by atoms with van der Waals surface area (Å²) in [6.45, 7) is 3.67. The highest BCUT2D eigenvalue weighted by molar-refractivity contribution is 8.01. The van der Waals surface area contributed by atoms with Gasteiger partial charge < -0.3 is 5.32 Å². The predicted molar refractivity (Wildman–Crippen MR) is 83.0 cm³/mol. The van der Waals surface area contributed by atoms with Crippen molar-refractivity contribution in [3.05, 3.63) is 12.7 Å². The topological polar surface area (TPSA) is 54.9 Å². The highest BCUT2D eigenvalue weighted by Gasteiger charge is 2.40. The second kappa shape index (κ2) is 6.26. The Morgan fingerprint density at radius 1 is 1.45 bits per heavy atom. The Kier molecular flexibility index (Phi) is 4.41. The second-order valence-corrected chi connectivity index (χ2v) is 7.90. The van der Waals surface area contributed by atoms with Crippen LogP contribution in [0.1, 0.15) is 32.1 Å². The van der Waals surface area contributed by atoms with Crippen molar-refractivity contribution in [2.75, 3.05) is 11.1 Å². The summed E-state index contributed by atoms with van der Waals surface area (Å²) < 4.78 is 0.875. The van der Waals surface area contributed by atoms with E-state index in [0.29, 0.717) is 17.5 Å². The molecule has 1 N–H and O–H groups in total. The third-order valence-corrected chi connectivity index (χ3v) is 6.28. The molecule has 1 heterocycles. The zero-order chi connectivity index (χ0) is 13.9. The van der Waals surface area contributed by atoms with Crippen molar-refractivity contribution in [1.82, 2.24) is 10.2 Å². The van der Waals surface area contributed by atoms with Gasteiger partial charge in [-0.25, -0.2) is 0 Å². The lowest BCUT2D eigenvalue weighted by Gasteiger charge is -2.20. The van der Waals surface area contributed by atoms with E-state index in [9.17, 15) is 4.79 Å². The molecule has 108 valence electrons. The van der Waals surface area contributed by atoms with Crippen LogP contribution in [-0.4, -0.2) is 21.9 Å². The summed E-state index contributed by atoms with van der Waals surface area (Å²) >= 11 is 3.02. The van der Waals surface area contributed by atoms with Crippen LogP contribution in [0.5, 0.6) is 0 Å². The number of carbonyl (C=O) groups is 1. The number of thioether (sulfide) groups is 1. The van der Waals surface area contributed by atoms with Crippen molar-refractivity contribution >= 4 is 34.1 Å². The van der Waals surface area contributed by atoms with E-state index in [4.69, 9.17) is 0 Å². The third kappa shape index (κ3) is 3.23. The van der Waals surface area contributed by atoms with E-state index in [2.05, 4.69) is 22.1 Å². The van der Waals surface area contributed by atoms with E-state index in [1.165, 1.54) is 37.0 Å². The fourth-order valence-corrected chi connectivity index (χ4v) is 5.01. The molecule has 0 aliphatic heterocycles. The van der Waals surface area contributed by atoms with Gasteiger partial charge in [-0.3, -0.25) is 4.79 Å². The van der Waals surface area contributed by atoms with Gasteiger partial charge in [-0.1, -0.05) is 35.6 Å². The molecule has 0 unspecified atom stereocenters. The van der Waals surface area contributed by atoms with Crippen LogP contribution in [0.2, 0.25) is 0 Å². The van der Waals surface area contributed by atoms with Crippen LogP contribution in [0.15, 0.2) is 17.0 Å². The van der Waals surface area contributed by atoms with E-state index in [-0.39, 0.29) is 5.91 Å². The molecule has 0 spiro atoms. The van der Waals surface area contributed by atoms with Crippen LogP contribution >= 0.6 is 23.1 Å². The third-order valence-electron chi connectivity index (χ3n) is 4.31. The van der Waals surface area contributed by atoms with Crippen molar-refractivity contribution in [3.63, 3.8) is 0 Å². The Balaban J connectivity index is 1.48. The number of nitrogens with one attached hydrogen (secondary N) is 1. The number of hydrogen-bond donors (Lipinski definition) is 1. The van der Waals surface area contributed by atoms with Crippen LogP contribution in [0.3, 0.4) is 0 Å². The molecule has 2 aliphatic rings. The Morgan fingerprint density at radius 3 is 3.05 bits per heavy atom. The monoisotopic (exact) mass is 309 g/mol. The average Bonchev–Trinajstić information content (AvgIpc) is 3.12. The summed E-state index contributed by atoms with van der Waals surface area (Å²) in [6, 6.07) is 0. The minimum absolute atomic E-state index is 0.0963. The minimum atomic E-state index is 0.0963. The molecule has 0 aromatic carbocycles. The second-order valence-electron chi connectivity index (χ2n) is 5.66. The maximum Gasteiger partial charge on any atom is 0.226 e. The van der Waals surface area contributed by atoms with Crippen molar-refractivity contribution in [2.45, 2.75) is 36.4 Å². The van der Waals surface area contributed by atoms with Crippen LogP contribution in [0.4, 0.5) is 5.13 Å². The molecule has 2 saturated carbocycles. The first-order chi connectivity index (χ1) is 9.74. The molecular weight excluding hydrogens is 290 g/mol. The van der Waals surface area contributed by atoms with Gasteiger partial charge in [-0.05, 0) is 37.0 Å². The molecule has 2 fully saturated rings. The Labute approximate surface area is 127 Å². The van der Waals surface area contributed by atoms with Gasteiger partial charge in [0, 0.05) is 12.2 Å². The Morgan fingerprint density at radius 2 is 2.35 bits per heavy atom. The van der Waals surface area contributed by atoms with Gasteiger partial charge in [-0.2, -0.15) is 0 Å². The lowest BCUT2D eigenvalue weighted by atomic mass is 9.86. The molecule has 1 aromatic rings. The summed E-state index contributed by atoms with van der Waals surface area (Å²) in [5.74, 6) is 3.18. The Hall–Kier alpha value is -0.880. The number of amides is 1. The van der Waals surface area contributed by atoms with Gasteiger partial charge in [-0.15, -0.1) is 16.8 Å². The van der Waals surface area contributed by atoms with Crippen LogP contribution < -0.4 is 5.32 Å². The van der Waals surface area contributed by atoms with Crippen molar-refractivity contribution in [2.24, 2.45) is 17.8 Å². The van der Waals surface area contributed by atoms with E-state index in [0.717, 1.165) is 21.9 Å². The largest absolute Gasteiger partial charge is 0.300 e. The number of nitrogens with zero attached hydrogens (tertiary/aromatic N) is 2. The first-order valence-electron chi connectivity index (χ1n) is 7.11. The average molecular weight is 309 g/mol. The number of anilines is 1. The van der Waals surface area contributed by atoms with E-state index in [1.54, 1.807) is 11.8 Å². The molecule has 1 aromatic heterocycles. The molecular formula is C14H19N3OS2. The summed E-state index contributed by atoms with van der Waals surface area (Å²) in [5.41, 5.74) is 0. The highest BCUT2D eigenvalue weighted by atomic mass is 32.2. The van der Waals surface area contributed by atoms with Gasteiger partial charge in [0.05, 0.1) is 0 Å². The molecule has 2 bridgehead atoms. The minimum Gasteiger partial charge on any atom is -0.300 e. The summed E-state index contributed by atoms with van der Waals surface area (Å²) in [4.78, 5) is 12.1. The number of rotatable bonds is 6. The fourth-order valence-electron chi connectivity index (χ4n) is 3.48. The highest BCUT2D eigenvalue weighted by Crippen LogP contribution is 2.49. The number of fused-ring (bicyclic) bond motifs is 2. The van der Waals surface area contributed by atoms with Crippen molar-refractivity contribution in [3.8, 4) is 0 Å². The van der Waals surface area contributed by atoms with Gasteiger partial charge in [0.25, 0.3) is 0 Å². The lowest BCUT2D eigenvalue weighted by Crippen LogP contribution is -2.20. The predicted octanol–water partition coefficient (Wildman–Crippen LogP) is 3.58. The van der Waals surface area contributed by atoms with E-state index >= 15 is 0 Å². The first kappa shape index (κ1) is 14.1. The fraction of sp³-hybridized carbons (Fsp3) is 0.643. The zero-order valence-electron chi connectivity index (χ0n) is 11.4. The zero-order valence-corrected chi connectivity index (χ0v) is 13.0. The molecule has 20 heavy (non-hydrogen) atoms. The lowest BCUT2D eigenvalue weighted by molar-refractivity contribution is -0.117. The normalized spacial score (nSPS) is 27.7. The smallest absolute Gasteiger partial charge is 0.226 e. The van der Waals surface area contributed by atoms with Gasteiger partial charge in [0.15, 0.2) is 4.34 Å². The number of carbonyl (C=O) groups excluding carboxylic acids is 1. The standard InChI is InChI=1S/C14H19N3OS2/c1-2-5-19-14-17-16-13(20-14)15-12(18)8-11-7-9-3-4-10(11)6-9/h2,9-11H,1,3-8H2,(H,15,16,18)/t9-,10-,11-/m1/s1. The summed E-state index contributed by atoms with van der Waals surface area (Å²) in [7, 11) is 0. The maximum atomic E-state index is 12.1. The molecule has 4 nitrogen and oxygen atoms in total. The molecule has 6 heteroatoms. The molecule has 3 atom stereocenters. The van der Waals surface area contributed by atoms with E-state index < -0.39 is 0 Å². The molecule has 3 rings (SSSR count).